The van der Waals surface area contributed by atoms with Gasteiger partial charge in [-0.1, -0.05) is 35.5 Å². The molecule has 0 aliphatic heterocycles. The van der Waals surface area contributed by atoms with Crippen LogP contribution in [0.5, 0.6) is 0 Å². The molecule has 1 aromatic carbocycles. The van der Waals surface area contributed by atoms with Crippen molar-refractivity contribution in [3.05, 3.63) is 99.7 Å². The summed E-state index contributed by atoms with van der Waals surface area (Å²) in [6, 6.07) is 18.2. The number of benzene rings is 1. The van der Waals surface area contributed by atoms with Gasteiger partial charge in [0.25, 0.3) is 5.56 Å². The Balaban J connectivity index is 1.53. The lowest BCUT2D eigenvalue weighted by atomic mass is 10.2. The van der Waals surface area contributed by atoms with E-state index in [1.54, 1.807) is 24.4 Å². The summed E-state index contributed by atoms with van der Waals surface area (Å²) >= 11 is 1.40. The predicted octanol–water partition coefficient (Wildman–Crippen LogP) is 4.21. The molecule has 0 bridgehead atoms. The number of aromatic nitrogens is 3. The van der Waals surface area contributed by atoms with Gasteiger partial charge >= 0.3 is 5.97 Å². The Morgan fingerprint density at radius 2 is 1.87 bits per heavy atom. The highest BCUT2D eigenvalue weighted by molar-refractivity contribution is 7.99. The number of fused-ring (bicyclic) bond motifs is 1. The first-order valence-corrected chi connectivity index (χ1v) is 10.2. The van der Waals surface area contributed by atoms with E-state index in [-0.39, 0.29) is 12.2 Å². The quantitative estimate of drug-likeness (QED) is 0.453. The van der Waals surface area contributed by atoms with Crippen molar-refractivity contribution in [2.24, 2.45) is 0 Å². The third kappa shape index (κ3) is 4.26. The molecule has 7 heteroatoms. The first-order valence-electron chi connectivity index (χ1n) is 9.36. The van der Waals surface area contributed by atoms with Crippen molar-refractivity contribution < 1.29 is 9.53 Å². The zero-order valence-corrected chi connectivity index (χ0v) is 17.3. The molecule has 6 nitrogen and oxygen atoms in total. The Morgan fingerprint density at radius 3 is 2.67 bits per heavy atom. The molecule has 0 amide bonds. The molecule has 0 atom stereocenters. The summed E-state index contributed by atoms with van der Waals surface area (Å²) < 4.78 is 6.96. The van der Waals surface area contributed by atoms with E-state index in [1.165, 1.54) is 22.2 Å². The van der Waals surface area contributed by atoms with Gasteiger partial charge < -0.3 is 4.74 Å². The first kappa shape index (κ1) is 19.8. The van der Waals surface area contributed by atoms with Gasteiger partial charge in [-0.25, -0.2) is 14.8 Å². The maximum Gasteiger partial charge on any atom is 0.341 e. The summed E-state index contributed by atoms with van der Waals surface area (Å²) in [4.78, 5) is 34.8. The van der Waals surface area contributed by atoms with Crippen molar-refractivity contribution in [1.82, 2.24) is 14.4 Å². The fraction of sp³-hybridized carbons (Fsp3) is 0.130. The van der Waals surface area contributed by atoms with E-state index in [1.807, 2.05) is 50.2 Å². The van der Waals surface area contributed by atoms with Gasteiger partial charge in [0.1, 0.15) is 17.3 Å². The lowest BCUT2D eigenvalue weighted by Crippen LogP contribution is -2.18. The fourth-order valence-corrected chi connectivity index (χ4v) is 3.87. The Bertz CT molecular complexity index is 1280. The Kier molecular flexibility index (Phi) is 5.63. The number of pyridine rings is 2. The van der Waals surface area contributed by atoms with Gasteiger partial charge in [-0.05, 0) is 50.2 Å². The summed E-state index contributed by atoms with van der Waals surface area (Å²) in [6.45, 7) is 3.76. The normalized spacial score (nSPS) is 10.9. The van der Waals surface area contributed by atoms with Crippen molar-refractivity contribution >= 4 is 23.4 Å². The van der Waals surface area contributed by atoms with Gasteiger partial charge in [0, 0.05) is 22.9 Å². The van der Waals surface area contributed by atoms with E-state index in [2.05, 4.69) is 9.97 Å². The average molecular weight is 417 g/mol. The highest BCUT2D eigenvalue weighted by Crippen LogP contribution is 2.29. The van der Waals surface area contributed by atoms with Crippen LogP contribution in [0.15, 0.2) is 81.6 Å². The smallest absolute Gasteiger partial charge is 0.341 e. The summed E-state index contributed by atoms with van der Waals surface area (Å²) in [5, 5.41) is 0.563. The number of hydrogen-bond acceptors (Lipinski definition) is 6. The molecule has 0 unspecified atom stereocenters. The van der Waals surface area contributed by atoms with Crippen LogP contribution in [0.1, 0.15) is 27.3 Å². The molecule has 3 heterocycles. The van der Waals surface area contributed by atoms with Crippen molar-refractivity contribution in [2.75, 3.05) is 0 Å². The third-order valence-corrected chi connectivity index (χ3v) is 5.54. The van der Waals surface area contributed by atoms with E-state index >= 15 is 0 Å². The van der Waals surface area contributed by atoms with Gasteiger partial charge in [-0.3, -0.25) is 9.20 Å². The largest absolute Gasteiger partial charge is 0.456 e. The SMILES string of the molecule is Cc1ccc(Sc2ncccc2C(=O)OCc2cc(=O)n3c(C)cccc3n2)cc1. The van der Waals surface area contributed by atoms with Crippen LogP contribution in [0.3, 0.4) is 0 Å². The second-order valence-corrected chi connectivity index (χ2v) is 7.86. The van der Waals surface area contributed by atoms with Crippen LogP contribution >= 0.6 is 11.8 Å². The van der Waals surface area contributed by atoms with Gasteiger partial charge in [0.15, 0.2) is 0 Å². The molecule has 3 aromatic heterocycles. The minimum atomic E-state index is -0.510. The molecule has 0 aliphatic rings. The Morgan fingerprint density at radius 1 is 1.07 bits per heavy atom. The molecule has 0 radical (unpaired) electrons. The van der Waals surface area contributed by atoms with Crippen molar-refractivity contribution in [3.63, 3.8) is 0 Å². The molecule has 0 aliphatic carbocycles. The highest BCUT2D eigenvalue weighted by atomic mass is 32.2. The molecule has 0 N–H and O–H groups in total. The summed E-state index contributed by atoms with van der Waals surface area (Å²) in [6.07, 6.45) is 1.64. The number of ether oxygens (including phenoxy) is 1. The van der Waals surface area contributed by atoms with Crippen LogP contribution in [0.2, 0.25) is 0 Å². The van der Waals surface area contributed by atoms with Crippen LogP contribution in [-0.4, -0.2) is 20.3 Å². The van der Waals surface area contributed by atoms with Gasteiger partial charge in [0.2, 0.25) is 0 Å². The van der Waals surface area contributed by atoms with Crippen LogP contribution in [0.4, 0.5) is 0 Å². The minimum absolute atomic E-state index is 0.0952. The van der Waals surface area contributed by atoms with E-state index < -0.39 is 5.97 Å². The van der Waals surface area contributed by atoms with E-state index in [4.69, 9.17) is 4.74 Å². The van der Waals surface area contributed by atoms with E-state index in [0.29, 0.717) is 21.9 Å². The van der Waals surface area contributed by atoms with Crippen LogP contribution in [0.25, 0.3) is 5.65 Å². The number of hydrogen-bond donors (Lipinski definition) is 0. The van der Waals surface area contributed by atoms with Crippen LogP contribution in [0, 0.1) is 13.8 Å². The molecular formula is C23H19N3O3S. The number of carbonyl (C=O) groups excluding carboxylic acids is 1. The number of esters is 1. The predicted molar refractivity (Wildman–Crippen MR) is 115 cm³/mol. The highest BCUT2D eigenvalue weighted by Gasteiger charge is 2.16. The lowest BCUT2D eigenvalue weighted by Gasteiger charge is -2.09. The summed E-state index contributed by atoms with van der Waals surface area (Å²) in [5.41, 5.74) is 3.04. The summed E-state index contributed by atoms with van der Waals surface area (Å²) in [5.74, 6) is -0.510. The fourth-order valence-electron chi connectivity index (χ4n) is 3.00. The molecule has 150 valence electrons. The van der Waals surface area contributed by atoms with Crippen LogP contribution < -0.4 is 5.56 Å². The average Bonchev–Trinajstić information content (AvgIpc) is 2.74. The molecule has 0 fully saturated rings. The summed E-state index contributed by atoms with van der Waals surface area (Å²) in [7, 11) is 0. The number of aryl methyl sites for hydroxylation is 2. The number of rotatable bonds is 5. The molecule has 4 rings (SSSR count). The number of nitrogens with zero attached hydrogens (tertiary/aromatic N) is 3. The zero-order chi connectivity index (χ0) is 21.1. The van der Waals surface area contributed by atoms with Crippen molar-refractivity contribution in [1.29, 1.82) is 0 Å². The Labute approximate surface area is 177 Å². The second kappa shape index (κ2) is 8.51. The topological polar surface area (TPSA) is 73.6 Å². The van der Waals surface area contributed by atoms with Crippen molar-refractivity contribution in [3.8, 4) is 0 Å². The molecular weight excluding hydrogens is 398 g/mol. The second-order valence-electron chi connectivity index (χ2n) is 6.79. The van der Waals surface area contributed by atoms with E-state index in [9.17, 15) is 9.59 Å². The Hall–Kier alpha value is -3.45. The molecule has 0 saturated heterocycles. The van der Waals surface area contributed by atoms with E-state index in [0.717, 1.165) is 16.2 Å². The lowest BCUT2D eigenvalue weighted by molar-refractivity contribution is 0.0462. The number of carbonyl (C=O) groups is 1. The monoisotopic (exact) mass is 417 g/mol. The van der Waals surface area contributed by atoms with Gasteiger partial charge in [-0.2, -0.15) is 0 Å². The molecule has 30 heavy (non-hydrogen) atoms. The maximum atomic E-state index is 12.7. The van der Waals surface area contributed by atoms with Crippen LogP contribution in [-0.2, 0) is 11.3 Å². The zero-order valence-electron chi connectivity index (χ0n) is 16.5. The standard InChI is InChI=1S/C23H19N3O3S/c1-15-8-10-18(11-9-15)30-22-19(6-4-12-24-22)23(28)29-14-17-13-21(27)26-16(2)5-3-7-20(26)25-17/h3-13H,14H2,1-2H3. The minimum Gasteiger partial charge on any atom is -0.456 e. The molecule has 0 saturated carbocycles. The molecule has 4 aromatic rings. The first-order chi connectivity index (χ1) is 14.5. The van der Waals surface area contributed by atoms with Gasteiger partial charge in [0.05, 0.1) is 11.3 Å². The van der Waals surface area contributed by atoms with Crippen molar-refractivity contribution in [2.45, 2.75) is 30.4 Å². The third-order valence-electron chi connectivity index (χ3n) is 4.51. The maximum absolute atomic E-state index is 12.7. The molecule has 0 spiro atoms. The van der Waals surface area contributed by atoms with Gasteiger partial charge in [-0.15, -0.1) is 0 Å².